The number of carbonyl (C=O) groups is 1. The van der Waals surface area contributed by atoms with Gasteiger partial charge in [0.15, 0.2) is 5.96 Å². The van der Waals surface area contributed by atoms with E-state index in [2.05, 4.69) is 50.4 Å². The number of guanidine groups is 1. The van der Waals surface area contributed by atoms with Gasteiger partial charge in [0.05, 0.1) is 6.42 Å². The van der Waals surface area contributed by atoms with Crippen LogP contribution in [0.2, 0.25) is 0 Å². The zero-order valence-electron chi connectivity index (χ0n) is 16.8. The Bertz CT molecular complexity index is 849. The third-order valence-corrected chi connectivity index (χ3v) is 5.46. The summed E-state index contributed by atoms with van der Waals surface area (Å²) in [5.41, 5.74) is 3.44. The first-order valence-electron chi connectivity index (χ1n) is 9.90. The molecule has 29 heavy (non-hydrogen) atoms. The fraction of sp³-hybridized carbons (Fsp3) is 0.364. The number of carbonyl (C=O) groups excluding carboxylic acids is 1. The van der Waals surface area contributed by atoms with E-state index in [-0.39, 0.29) is 29.9 Å². The molecule has 0 aromatic heterocycles. The minimum Gasteiger partial charge on any atom is -0.368 e. The van der Waals surface area contributed by atoms with Gasteiger partial charge in [0.25, 0.3) is 0 Å². The normalized spacial score (nSPS) is 16.5. The van der Waals surface area contributed by atoms with E-state index in [0.29, 0.717) is 19.5 Å². The van der Waals surface area contributed by atoms with Crippen LogP contribution in [0.1, 0.15) is 5.56 Å². The van der Waals surface area contributed by atoms with Crippen molar-refractivity contribution < 1.29 is 4.79 Å². The molecule has 0 radical (unpaired) electrons. The van der Waals surface area contributed by atoms with Crippen LogP contribution < -0.4 is 15.1 Å². The van der Waals surface area contributed by atoms with E-state index in [4.69, 9.17) is 0 Å². The van der Waals surface area contributed by atoms with Gasteiger partial charge in [-0.1, -0.05) is 36.4 Å². The highest BCUT2D eigenvalue weighted by molar-refractivity contribution is 14.0. The molecule has 6 nitrogen and oxygen atoms in total. The number of anilines is 2. The summed E-state index contributed by atoms with van der Waals surface area (Å²) < 4.78 is 0. The lowest BCUT2D eigenvalue weighted by molar-refractivity contribution is -0.117. The van der Waals surface area contributed by atoms with Crippen LogP contribution in [0.3, 0.4) is 0 Å². The van der Waals surface area contributed by atoms with Crippen molar-refractivity contribution in [1.82, 2.24) is 10.2 Å². The van der Waals surface area contributed by atoms with Gasteiger partial charge < -0.3 is 20.0 Å². The number of benzene rings is 2. The smallest absolute Gasteiger partial charge is 0.231 e. The SMILES string of the molecule is CN=C(NCCN1C(=O)Cc2ccccc21)N1CCN(c2ccccc2)CC1.I. The van der Waals surface area contributed by atoms with Gasteiger partial charge in [-0.2, -0.15) is 0 Å². The van der Waals surface area contributed by atoms with Gasteiger partial charge in [-0.3, -0.25) is 9.79 Å². The predicted octanol–water partition coefficient (Wildman–Crippen LogP) is 2.59. The van der Waals surface area contributed by atoms with E-state index in [1.165, 1.54) is 5.69 Å². The van der Waals surface area contributed by atoms with Gasteiger partial charge >= 0.3 is 0 Å². The minimum atomic E-state index is 0. The van der Waals surface area contributed by atoms with Gasteiger partial charge in [-0.25, -0.2) is 0 Å². The number of fused-ring (bicyclic) bond motifs is 1. The molecule has 0 aliphatic carbocycles. The summed E-state index contributed by atoms with van der Waals surface area (Å²) in [6.45, 7) is 5.15. The minimum absolute atomic E-state index is 0. The van der Waals surface area contributed by atoms with Gasteiger partial charge in [-0.05, 0) is 23.8 Å². The molecule has 1 fully saturated rings. The Kier molecular flexibility index (Phi) is 7.35. The summed E-state index contributed by atoms with van der Waals surface area (Å²) in [6.07, 6.45) is 0.506. The summed E-state index contributed by atoms with van der Waals surface area (Å²) in [7, 11) is 1.82. The standard InChI is InChI=1S/C22H27N5O.HI/c1-23-22(26-15-13-25(14-16-26)19-8-3-2-4-9-19)24-11-12-27-20-10-6-5-7-18(20)17-21(27)28;/h2-10H,11-17H2,1H3,(H,23,24);1H. The lowest BCUT2D eigenvalue weighted by Gasteiger charge is -2.37. The number of piperazine rings is 1. The Hall–Kier alpha value is -2.29. The first-order chi connectivity index (χ1) is 13.8. The molecule has 0 bridgehead atoms. The van der Waals surface area contributed by atoms with Crippen LogP contribution in [0, 0.1) is 0 Å². The quantitative estimate of drug-likeness (QED) is 0.395. The second kappa shape index (κ2) is 9.96. The predicted molar refractivity (Wildman–Crippen MR) is 130 cm³/mol. The Morgan fingerprint density at radius 3 is 2.41 bits per heavy atom. The van der Waals surface area contributed by atoms with Crippen molar-refractivity contribution in [1.29, 1.82) is 0 Å². The lowest BCUT2D eigenvalue weighted by atomic mass is 10.2. The number of hydrogen-bond acceptors (Lipinski definition) is 3. The summed E-state index contributed by atoms with van der Waals surface area (Å²) in [5, 5.41) is 3.44. The van der Waals surface area contributed by atoms with Crippen LogP contribution in [0.25, 0.3) is 0 Å². The summed E-state index contributed by atoms with van der Waals surface area (Å²) in [6, 6.07) is 18.6. The van der Waals surface area contributed by atoms with Crippen molar-refractivity contribution in [2.24, 2.45) is 4.99 Å². The average molecular weight is 505 g/mol. The Morgan fingerprint density at radius 2 is 1.69 bits per heavy atom. The molecule has 1 saturated heterocycles. The number of hydrogen-bond donors (Lipinski definition) is 1. The number of halogens is 1. The Morgan fingerprint density at radius 1 is 1.00 bits per heavy atom. The monoisotopic (exact) mass is 505 g/mol. The molecule has 2 aliphatic heterocycles. The van der Waals surface area contributed by atoms with Crippen LogP contribution in [-0.4, -0.2) is 63.1 Å². The maximum atomic E-state index is 12.3. The lowest BCUT2D eigenvalue weighted by Crippen LogP contribution is -2.53. The third kappa shape index (κ3) is 4.83. The zero-order chi connectivity index (χ0) is 19.3. The molecular weight excluding hydrogens is 477 g/mol. The van der Waals surface area contributed by atoms with Crippen LogP contribution in [0.5, 0.6) is 0 Å². The van der Waals surface area contributed by atoms with Gasteiger partial charge in [0.2, 0.25) is 5.91 Å². The number of nitrogens with one attached hydrogen (secondary N) is 1. The molecular formula is C22H28IN5O. The van der Waals surface area contributed by atoms with Crippen molar-refractivity contribution in [3.8, 4) is 0 Å². The molecule has 1 N–H and O–H groups in total. The van der Waals surface area contributed by atoms with Crippen molar-refractivity contribution in [3.63, 3.8) is 0 Å². The number of rotatable bonds is 4. The van der Waals surface area contributed by atoms with E-state index < -0.39 is 0 Å². The van der Waals surface area contributed by atoms with E-state index in [1.807, 2.05) is 36.2 Å². The number of aliphatic imine (C=N–C) groups is 1. The van der Waals surface area contributed by atoms with Crippen molar-refractivity contribution in [2.45, 2.75) is 6.42 Å². The average Bonchev–Trinajstić information content (AvgIpc) is 3.07. The molecule has 2 aromatic rings. The van der Waals surface area contributed by atoms with E-state index in [1.54, 1.807) is 0 Å². The zero-order valence-corrected chi connectivity index (χ0v) is 19.1. The fourth-order valence-corrected chi connectivity index (χ4v) is 3.99. The molecule has 154 valence electrons. The topological polar surface area (TPSA) is 51.2 Å². The number of para-hydroxylation sites is 2. The second-order valence-electron chi connectivity index (χ2n) is 7.13. The van der Waals surface area contributed by atoms with Gasteiger partial charge in [0, 0.05) is 57.7 Å². The van der Waals surface area contributed by atoms with Crippen molar-refractivity contribution in [2.75, 3.05) is 56.1 Å². The first kappa shape index (κ1) is 21.4. The maximum absolute atomic E-state index is 12.3. The summed E-state index contributed by atoms with van der Waals surface area (Å²) >= 11 is 0. The molecule has 0 spiro atoms. The van der Waals surface area contributed by atoms with E-state index in [9.17, 15) is 4.79 Å². The number of amides is 1. The third-order valence-electron chi connectivity index (χ3n) is 5.46. The Balaban J connectivity index is 0.00000240. The van der Waals surface area contributed by atoms with Crippen LogP contribution in [-0.2, 0) is 11.2 Å². The molecule has 0 saturated carbocycles. The largest absolute Gasteiger partial charge is 0.368 e. The van der Waals surface area contributed by atoms with Crippen LogP contribution in [0.4, 0.5) is 11.4 Å². The summed E-state index contributed by atoms with van der Waals surface area (Å²) in [5.74, 6) is 1.09. The second-order valence-corrected chi connectivity index (χ2v) is 7.13. The molecule has 2 heterocycles. The maximum Gasteiger partial charge on any atom is 0.231 e. The van der Waals surface area contributed by atoms with Gasteiger partial charge in [0.1, 0.15) is 0 Å². The summed E-state index contributed by atoms with van der Waals surface area (Å²) in [4.78, 5) is 23.3. The molecule has 2 aliphatic rings. The van der Waals surface area contributed by atoms with E-state index in [0.717, 1.165) is 43.4 Å². The fourth-order valence-electron chi connectivity index (χ4n) is 3.99. The molecule has 0 unspecified atom stereocenters. The molecule has 2 aromatic carbocycles. The molecule has 7 heteroatoms. The number of nitrogens with zero attached hydrogens (tertiary/aromatic N) is 4. The van der Waals surface area contributed by atoms with Crippen LogP contribution >= 0.6 is 24.0 Å². The first-order valence-corrected chi connectivity index (χ1v) is 9.90. The molecule has 4 rings (SSSR count). The van der Waals surface area contributed by atoms with E-state index >= 15 is 0 Å². The van der Waals surface area contributed by atoms with Crippen molar-refractivity contribution in [3.05, 3.63) is 60.2 Å². The van der Waals surface area contributed by atoms with Gasteiger partial charge in [-0.15, -0.1) is 24.0 Å². The highest BCUT2D eigenvalue weighted by atomic mass is 127. The highest BCUT2D eigenvalue weighted by Crippen LogP contribution is 2.27. The molecule has 0 atom stereocenters. The Labute approximate surface area is 189 Å². The molecule has 1 amide bonds. The highest BCUT2D eigenvalue weighted by Gasteiger charge is 2.26. The van der Waals surface area contributed by atoms with Crippen molar-refractivity contribution >= 4 is 47.2 Å². The van der Waals surface area contributed by atoms with Crippen LogP contribution in [0.15, 0.2) is 59.6 Å².